The van der Waals surface area contributed by atoms with Crippen molar-refractivity contribution in [3.05, 3.63) is 5.53 Å². The second-order valence-corrected chi connectivity index (χ2v) is 7.14. The quantitative estimate of drug-likeness (QED) is 0.414. The highest BCUT2D eigenvalue weighted by molar-refractivity contribution is 5.80. The summed E-state index contributed by atoms with van der Waals surface area (Å²) in [5, 5.41) is 0. The van der Waals surface area contributed by atoms with Crippen molar-refractivity contribution < 1.29 is 14.3 Å². The lowest BCUT2D eigenvalue weighted by Gasteiger charge is -2.31. The molecule has 0 aromatic heterocycles. The third-order valence-electron chi connectivity index (χ3n) is 4.47. The molecule has 0 amide bonds. The first-order chi connectivity index (χ1) is 8.84. The lowest BCUT2D eigenvalue weighted by atomic mass is 9.72. The molecule has 0 radical (unpaired) electrons. The minimum Gasteiger partial charge on any atom is -0.460 e. The van der Waals surface area contributed by atoms with Gasteiger partial charge in [-0.15, -0.1) is 0 Å². The van der Waals surface area contributed by atoms with Crippen molar-refractivity contribution >= 4 is 11.7 Å². The number of nitrogens with zero attached hydrogens (tertiary/aromatic N) is 2. The molecule has 4 nitrogen and oxygen atoms in total. The van der Waals surface area contributed by atoms with Crippen LogP contribution in [0.4, 0.5) is 0 Å². The van der Waals surface area contributed by atoms with Gasteiger partial charge in [0.05, 0.1) is 5.92 Å². The lowest BCUT2D eigenvalue weighted by Crippen LogP contribution is -2.30. The molecule has 0 aromatic rings. The fourth-order valence-electron chi connectivity index (χ4n) is 3.42. The van der Waals surface area contributed by atoms with Crippen LogP contribution in [0.15, 0.2) is 0 Å². The number of rotatable bonds is 1. The van der Waals surface area contributed by atoms with E-state index in [0.29, 0.717) is 0 Å². The second-order valence-electron chi connectivity index (χ2n) is 7.14. The summed E-state index contributed by atoms with van der Waals surface area (Å²) in [5.41, 5.74) is 9.61. The van der Waals surface area contributed by atoms with Crippen LogP contribution in [-0.2, 0) is 9.53 Å². The molecule has 0 aliphatic heterocycles. The zero-order chi connectivity index (χ0) is 14.1. The minimum absolute atomic E-state index is 0.0361. The van der Waals surface area contributed by atoms with Crippen LogP contribution in [0.1, 0.15) is 65.7 Å². The number of carbonyl (C=O) groups is 1. The molecule has 2 saturated carbocycles. The summed E-state index contributed by atoms with van der Waals surface area (Å²) in [7, 11) is 0. The van der Waals surface area contributed by atoms with E-state index in [1.807, 2.05) is 20.8 Å². The molecule has 4 heteroatoms. The van der Waals surface area contributed by atoms with Crippen molar-refractivity contribution in [3.63, 3.8) is 0 Å². The topological polar surface area (TPSA) is 62.7 Å². The van der Waals surface area contributed by atoms with Crippen LogP contribution < -0.4 is 0 Å². The predicted octanol–water partition coefficient (Wildman–Crippen LogP) is 3.36. The van der Waals surface area contributed by atoms with Crippen LogP contribution in [0.25, 0.3) is 5.53 Å². The Bertz CT molecular complexity index is 406. The van der Waals surface area contributed by atoms with Gasteiger partial charge in [0.25, 0.3) is 5.71 Å². The van der Waals surface area contributed by atoms with E-state index in [1.165, 1.54) is 0 Å². The number of hydrogen-bond acceptors (Lipinski definition) is 2. The van der Waals surface area contributed by atoms with Gasteiger partial charge in [0.2, 0.25) is 0 Å². The fraction of sp³-hybridized carbons (Fsp3) is 0.867. The predicted molar refractivity (Wildman–Crippen MR) is 72.7 cm³/mol. The van der Waals surface area contributed by atoms with Crippen LogP contribution in [0, 0.1) is 11.3 Å². The molecule has 19 heavy (non-hydrogen) atoms. The number of esters is 1. The van der Waals surface area contributed by atoms with Gasteiger partial charge in [0.15, 0.2) is 0 Å². The molecule has 1 spiro atoms. The Morgan fingerprint density at radius 1 is 1.32 bits per heavy atom. The molecule has 0 aromatic carbocycles. The summed E-state index contributed by atoms with van der Waals surface area (Å²) in [6.45, 7) is 5.75. The Morgan fingerprint density at radius 2 is 1.95 bits per heavy atom. The molecule has 2 aliphatic carbocycles. The molecular formula is C15H24N2O2. The maximum atomic E-state index is 12.1. The standard InChI is InChI=1S/C15H24N2O2/c1-14(2,3)19-13(18)11-4-7-15(10-11)8-5-12(17-16)6-9-15/h11H,4-10H2,1-3H3/t11-/m0/s1. The first kappa shape index (κ1) is 14.3. The molecule has 0 heterocycles. The molecule has 0 N–H and O–H groups in total. The summed E-state index contributed by atoms with van der Waals surface area (Å²) in [5.74, 6) is 0.0258. The minimum atomic E-state index is -0.393. The van der Waals surface area contributed by atoms with E-state index in [2.05, 4.69) is 4.79 Å². The Labute approximate surface area is 115 Å². The number of carbonyl (C=O) groups excluding carboxylic acids is 1. The maximum absolute atomic E-state index is 12.1. The highest BCUT2D eigenvalue weighted by Gasteiger charge is 2.45. The van der Waals surface area contributed by atoms with Crippen molar-refractivity contribution in [2.45, 2.75) is 71.3 Å². The van der Waals surface area contributed by atoms with Gasteiger partial charge in [-0.05, 0) is 58.3 Å². The van der Waals surface area contributed by atoms with Gasteiger partial charge in [0, 0.05) is 12.8 Å². The summed E-state index contributed by atoms with van der Waals surface area (Å²) in [4.78, 5) is 15.5. The Morgan fingerprint density at radius 3 is 2.47 bits per heavy atom. The smallest absolute Gasteiger partial charge is 0.309 e. The van der Waals surface area contributed by atoms with Crippen molar-refractivity contribution in [3.8, 4) is 0 Å². The number of ether oxygens (including phenoxy) is 1. The van der Waals surface area contributed by atoms with Gasteiger partial charge in [-0.3, -0.25) is 4.79 Å². The van der Waals surface area contributed by atoms with E-state index in [9.17, 15) is 4.79 Å². The van der Waals surface area contributed by atoms with Gasteiger partial charge in [-0.25, -0.2) is 0 Å². The average molecular weight is 264 g/mol. The molecule has 2 fully saturated rings. The highest BCUT2D eigenvalue weighted by Crippen LogP contribution is 2.51. The first-order valence-electron chi connectivity index (χ1n) is 7.26. The third-order valence-corrected chi connectivity index (χ3v) is 4.47. The van der Waals surface area contributed by atoms with Gasteiger partial charge in [-0.1, -0.05) is 0 Å². The van der Waals surface area contributed by atoms with Gasteiger partial charge in [0.1, 0.15) is 5.60 Å². The maximum Gasteiger partial charge on any atom is 0.309 e. The SMILES string of the molecule is CC(C)(C)OC(=O)[C@H]1CCC2(CCC(=[N+]=[N-])CC2)C1. The lowest BCUT2D eigenvalue weighted by molar-refractivity contribution is -0.160. The third kappa shape index (κ3) is 3.44. The van der Waals surface area contributed by atoms with Crippen LogP contribution in [-0.4, -0.2) is 22.1 Å². The molecule has 106 valence electrons. The van der Waals surface area contributed by atoms with Gasteiger partial charge < -0.3 is 10.3 Å². The molecule has 0 unspecified atom stereocenters. The largest absolute Gasteiger partial charge is 0.460 e. The van der Waals surface area contributed by atoms with Gasteiger partial charge in [-0.2, -0.15) is 4.79 Å². The van der Waals surface area contributed by atoms with E-state index in [1.54, 1.807) is 0 Å². The van der Waals surface area contributed by atoms with Crippen molar-refractivity contribution in [2.75, 3.05) is 0 Å². The zero-order valence-electron chi connectivity index (χ0n) is 12.2. The Hall–Kier alpha value is -1.15. The van der Waals surface area contributed by atoms with Crippen molar-refractivity contribution in [1.29, 1.82) is 0 Å². The van der Waals surface area contributed by atoms with Crippen LogP contribution in [0.5, 0.6) is 0 Å². The van der Waals surface area contributed by atoms with Crippen LogP contribution in [0.2, 0.25) is 0 Å². The summed E-state index contributed by atoms with van der Waals surface area (Å²) in [6, 6.07) is 0. The Kier molecular flexibility index (Phi) is 3.82. The van der Waals surface area contributed by atoms with Crippen LogP contribution in [0.3, 0.4) is 0 Å². The van der Waals surface area contributed by atoms with Crippen molar-refractivity contribution in [1.82, 2.24) is 0 Å². The van der Waals surface area contributed by atoms with E-state index < -0.39 is 5.60 Å². The Balaban J connectivity index is 1.93. The molecule has 1 atom stereocenters. The second kappa shape index (κ2) is 5.09. The van der Waals surface area contributed by atoms with Crippen LogP contribution >= 0.6 is 0 Å². The molecule has 2 aliphatic rings. The molecular weight excluding hydrogens is 240 g/mol. The molecule has 0 bridgehead atoms. The first-order valence-corrected chi connectivity index (χ1v) is 7.26. The monoisotopic (exact) mass is 264 g/mol. The molecule has 2 rings (SSSR count). The average Bonchev–Trinajstić information content (AvgIpc) is 2.73. The molecule has 0 saturated heterocycles. The highest BCUT2D eigenvalue weighted by atomic mass is 16.6. The van der Waals surface area contributed by atoms with Gasteiger partial charge >= 0.3 is 5.97 Å². The van der Waals surface area contributed by atoms with E-state index >= 15 is 0 Å². The summed E-state index contributed by atoms with van der Waals surface area (Å²) >= 11 is 0. The van der Waals surface area contributed by atoms with Crippen molar-refractivity contribution in [2.24, 2.45) is 11.3 Å². The summed E-state index contributed by atoms with van der Waals surface area (Å²) in [6.07, 6.45) is 6.84. The van der Waals surface area contributed by atoms with E-state index in [4.69, 9.17) is 10.3 Å². The summed E-state index contributed by atoms with van der Waals surface area (Å²) < 4.78 is 5.50. The van der Waals surface area contributed by atoms with E-state index in [-0.39, 0.29) is 17.3 Å². The fourth-order valence-corrected chi connectivity index (χ4v) is 3.42. The normalized spacial score (nSPS) is 31.3. The zero-order valence-corrected chi connectivity index (χ0v) is 12.2. The number of hydrogen-bond donors (Lipinski definition) is 0. The van der Waals surface area contributed by atoms with E-state index in [0.717, 1.165) is 50.7 Å².